The Morgan fingerprint density at radius 3 is 2.45 bits per heavy atom. The van der Waals surface area contributed by atoms with Gasteiger partial charge in [-0.2, -0.15) is 0 Å². The third-order valence-electron chi connectivity index (χ3n) is 5.18. The molecule has 5 rings (SSSR count). The number of nitrogens with zero attached hydrogens (tertiary/aromatic N) is 4. The summed E-state index contributed by atoms with van der Waals surface area (Å²) in [5, 5.41) is 13.3. The number of rotatable bonds is 6. The number of nitrogens with two attached hydrogens (primary N) is 1. The predicted molar refractivity (Wildman–Crippen MR) is 127 cm³/mol. The van der Waals surface area contributed by atoms with Crippen molar-refractivity contribution >= 4 is 21.4 Å². The van der Waals surface area contributed by atoms with E-state index in [1.165, 1.54) is 12.1 Å². The molecule has 0 bridgehead atoms. The van der Waals surface area contributed by atoms with Crippen LogP contribution in [0.25, 0.3) is 28.0 Å². The van der Waals surface area contributed by atoms with Crippen LogP contribution in [0.5, 0.6) is 0 Å². The first-order valence-electron chi connectivity index (χ1n) is 10.2. The number of aromatic nitrogens is 4. The molecule has 9 heteroatoms. The van der Waals surface area contributed by atoms with Gasteiger partial charge in [0.15, 0.2) is 11.6 Å². The fraction of sp³-hybridized carbons (Fsp3) is 0.0417. The summed E-state index contributed by atoms with van der Waals surface area (Å²) in [6.07, 6.45) is 3.60. The fourth-order valence-corrected chi connectivity index (χ4v) is 4.17. The largest absolute Gasteiger partial charge is 0.363 e. The number of fused-ring (bicyclic) bond motifs is 1. The molecular formula is C24H20N6O2S. The highest BCUT2D eigenvalue weighted by molar-refractivity contribution is 7.89. The second kappa shape index (κ2) is 8.45. The summed E-state index contributed by atoms with van der Waals surface area (Å²) in [7, 11) is -3.85. The zero-order valence-electron chi connectivity index (χ0n) is 17.5. The van der Waals surface area contributed by atoms with Crippen molar-refractivity contribution in [2.24, 2.45) is 5.14 Å². The lowest BCUT2D eigenvalue weighted by Crippen LogP contribution is -2.12. The highest BCUT2D eigenvalue weighted by Gasteiger charge is 2.16. The zero-order chi connectivity index (χ0) is 22.8. The van der Waals surface area contributed by atoms with Gasteiger partial charge in [0, 0.05) is 23.5 Å². The van der Waals surface area contributed by atoms with E-state index in [1.807, 2.05) is 60.8 Å². The van der Waals surface area contributed by atoms with Crippen molar-refractivity contribution < 1.29 is 8.42 Å². The van der Waals surface area contributed by atoms with Crippen LogP contribution in [0.2, 0.25) is 0 Å². The Morgan fingerprint density at radius 2 is 1.70 bits per heavy atom. The lowest BCUT2D eigenvalue weighted by Gasteiger charge is -2.12. The van der Waals surface area contributed by atoms with Crippen LogP contribution in [0.15, 0.2) is 96.2 Å². The molecule has 3 N–H and O–H groups in total. The van der Waals surface area contributed by atoms with Crippen LogP contribution in [0, 0.1) is 0 Å². The first kappa shape index (κ1) is 20.8. The highest BCUT2D eigenvalue weighted by atomic mass is 32.2. The third-order valence-corrected chi connectivity index (χ3v) is 6.09. The average molecular weight is 457 g/mol. The molecule has 5 aromatic rings. The van der Waals surface area contributed by atoms with E-state index in [2.05, 4.69) is 15.4 Å². The van der Waals surface area contributed by atoms with Gasteiger partial charge in [0.25, 0.3) is 0 Å². The van der Waals surface area contributed by atoms with E-state index in [9.17, 15) is 8.42 Å². The molecule has 0 fully saturated rings. The van der Waals surface area contributed by atoms with Gasteiger partial charge >= 0.3 is 0 Å². The van der Waals surface area contributed by atoms with Gasteiger partial charge in [0.1, 0.15) is 5.52 Å². The molecule has 0 spiro atoms. The summed E-state index contributed by atoms with van der Waals surface area (Å²) in [6.45, 7) is 0.462. The highest BCUT2D eigenvalue weighted by Crippen LogP contribution is 2.31. The molecule has 2 aromatic carbocycles. The maximum Gasteiger partial charge on any atom is 0.238 e. The van der Waals surface area contributed by atoms with E-state index in [0.717, 1.165) is 22.3 Å². The Hall–Kier alpha value is -4.08. The van der Waals surface area contributed by atoms with Crippen molar-refractivity contribution in [3.8, 4) is 22.5 Å². The van der Waals surface area contributed by atoms with Gasteiger partial charge < -0.3 is 5.32 Å². The first-order valence-corrected chi connectivity index (χ1v) is 11.8. The minimum atomic E-state index is -3.85. The number of primary sulfonamides is 1. The quantitative estimate of drug-likeness (QED) is 0.402. The molecule has 0 amide bonds. The van der Waals surface area contributed by atoms with Crippen LogP contribution >= 0.6 is 0 Å². The molecule has 8 nitrogen and oxygen atoms in total. The summed E-state index contributed by atoms with van der Waals surface area (Å²) in [5.74, 6) is 0.974. The van der Waals surface area contributed by atoms with Crippen molar-refractivity contribution in [2.75, 3.05) is 5.32 Å². The fourth-order valence-electron chi connectivity index (χ4n) is 3.61. The molecule has 0 aliphatic rings. The van der Waals surface area contributed by atoms with E-state index in [-0.39, 0.29) is 4.90 Å². The lowest BCUT2D eigenvalue weighted by molar-refractivity contribution is 0.598. The molecule has 0 aliphatic heterocycles. The minimum absolute atomic E-state index is 0.00386. The Kier molecular flexibility index (Phi) is 5.33. The van der Waals surface area contributed by atoms with Gasteiger partial charge in [-0.15, -0.1) is 5.10 Å². The second-order valence-corrected chi connectivity index (χ2v) is 8.98. The number of sulfonamides is 1. The SMILES string of the molecule is NS(=O)(=O)c1cccc(-c2nc(NCc3ccccn3)c3c(-c4ccccc4)ccn3n2)c1. The van der Waals surface area contributed by atoms with Crippen molar-refractivity contribution in [2.45, 2.75) is 11.4 Å². The van der Waals surface area contributed by atoms with E-state index in [0.29, 0.717) is 23.8 Å². The Labute approximate surface area is 190 Å². The van der Waals surface area contributed by atoms with E-state index >= 15 is 0 Å². The molecule has 33 heavy (non-hydrogen) atoms. The van der Waals surface area contributed by atoms with Crippen LogP contribution in [-0.2, 0) is 16.6 Å². The van der Waals surface area contributed by atoms with Crippen molar-refractivity contribution in [1.82, 2.24) is 19.6 Å². The van der Waals surface area contributed by atoms with Crippen LogP contribution in [0.3, 0.4) is 0 Å². The molecule has 164 valence electrons. The number of pyridine rings is 1. The maximum atomic E-state index is 11.8. The number of benzene rings is 2. The van der Waals surface area contributed by atoms with Gasteiger partial charge in [0.05, 0.1) is 17.1 Å². The van der Waals surface area contributed by atoms with Gasteiger partial charge in [0.2, 0.25) is 10.0 Å². The van der Waals surface area contributed by atoms with Gasteiger partial charge in [-0.1, -0.05) is 48.5 Å². The van der Waals surface area contributed by atoms with Crippen molar-refractivity contribution in [3.05, 3.63) is 97.0 Å². The van der Waals surface area contributed by atoms with E-state index in [1.54, 1.807) is 22.8 Å². The van der Waals surface area contributed by atoms with Crippen LogP contribution in [0.1, 0.15) is 5.69 Å². The molecule has 0 atom stereocenters. The molecule has 0 saturated heterocycles. The third kappa shape index (κ3) is 4.32. The molecule has 0 aliphatic carbocycles. The summed E-state index contributed by atoms with van der Waals surface area (Å²) < 4.78 is 25.4. The number of nitrogens with one attached hydrogen (secondary N) is 1. The van der Waals surface area contributed by atoms with Crippen molar-refractivity contribution in [1.29, 1.82) is 0 Å². The van der Waals surface area contributed by atoms with E-state index in [4.69, 9.17) is 10.1 Å². The average Bonchev–Trinajstić information content (AvgIpc) is 3.28. The number of hydrogen-bond donors (Lipinski definition) is 2. The summed E-state index contributed by atoms with van der Waals surface area (Å²) in [5.41, 5.74) is 4.22. The van der Waals surface area contributed by atoms with Crippen LogP contribution in [-0.4, -0.2) is 28.0 Å². The minimum Gasteiger partial charge on any atom is -0.363 e. The number of hydrogen-bond acceptors (Lipinski definition) is 6. The second-order valence-electron chi connectivity index (χ2n) is 7.42. The normalized spacial score (nSPS) is 11.5. The predicted octanol–water partition coefficient (Wildman–Crippen LogP) is 3.72. The van der Waals surface area contributed by atoms with Crippen LogP contribution < -0.4 is 10.5 Å². The Morgan fingerprint density at radius 1 is 0.909 bits per heavy atom. The maximum absolute atomic E-state index is 11.8. The Bertz CT molecular complexity index is 1530. The smallest absolute Gasteiger partial charge is 0.238 e. The number of anilines is 1. The van der Waals surface area contributed by atoms with Gasteiger partial charge in [-0.05, 0) is 35.9 Å². The molecular weight excluding hydrogens is 436 g/mol. The van der Waals surface area contributed by atoms with Crippen molar-refractivity contribution in [3.63, 3.8) is 0 Å². The molecule has 0 saturated carbocycles. The first-order chi connectivity index (χ1) is 16.0. The molecule has 0 unspecified atom stereocenters. The molecule has 0 radical (unpaired) electrons. The van der Waals surface area contributed by atoms with Gasteiger partial charge in [-0.25, -0.2) is 23.1 Å². The van der Waals surface area contributed by atoms with Crippen LogP contribution in [0.4, 0.5) is 5.82 Å². The summed E-state index contributed by atoms with van der Waals surface area (Å²) in [6, 6.07) is 24.0. The lowest BCUT2D eigenvalue weighted by atomic mass is 10.1. The van der Waals surface area contributed by atoms with Gasteiger partial charge in [-0.3, -0.25) is 4.98 Å². The summed E-state index contributed by atoms with van der Waals surface area (Å²) >= 11 is 0. The zero-order valence-corrected chi connectivity index (χ0v) is 18.3. The summed E-state index contributed by atoms with van der Waals surface area (Å²) in [4.78, 5) is 9.13. The molecule has 3 heterocycles. The topological polar surface area (TPSA) is 115 Å². The van der Waals surface area contributed by atoms with E-state index < -0.39 is 10.0 Å². The molecule has 3 aromatic heterocycles. The Balaban J connectivity index is 1.65. The standard InChI is InChI=1S/C24H20N6O2S/c25-33(31,32)20-11-6-9-18(15-20)23-28-24(27-16-19-10-4-5-13-26-19)22-21(12-14-30(22)29-23)17-7-2-1-3-8-17/h1-15H,16H2,(H2,25,31,32)(H,27,28,29). The monoisotopic (exact) mass is 456 g/mol.